The first-order valence-electron chi connectivity index (χ1n) is 5.89. The molecule has 0 atom stereocenters. The molecule has 2 aromatic carbocycles. The van der Waals surface area contributed by atoms with Crippen LogP contribution in [0.3, 0.4) is 0 Å². The van der Waals surface area contributed by atoms with Crippen molar-refractivity contribution in [1.29, 1.82) is 0 Å². The van der Waals surface area contributed by atoms with Gasteiger partial charge in [-0.05, 0) is 42.0 Å². The minimum atomic E-state index is -0.516. The molecule has 0 N–H and O–H groups in total. The fourth-order valence-corrected chi connectivity index (χ4v) is 2.12. The second kappa shape index (κ2) is 6.52. The molecule has 21 heavy (non-hydrogen) atoms. The minimum absolute atomic E-state index is 0.0590. The lowest BCUT2D eigenvalue weighted by molar-refractivity contribution is -0.384. The van der Waals surface area contributed by atoms with E-state index < -0.39 is 4.92 Å². The molecule has 2 rings (SSSR count). The number of hydrogen-bond donors (Lipinski definition) is 0. The monoisotopic (exact) mass is 321 g/mol. The Labute approximate surface area is 130 Å². The number of hydrogen-bond acceptors (Lipinski definition) is 3. The molecule has 0 heterocycles. The van der Waals surface area contributed by atoms with Crippen LogP contribution in [-0.2, 0) is 0 Å². The van der Waals surface area contributed by atoms with E-state index >= 15 is 0 Å². The number of non-ortho nitro benzene ring substituents is 1. The summed E-state index contributed by atoms with van der Waals surface area (Å²) in [6, 6.07) is 10.3. The van der Waals surface area contributed by atoms with E-state index in [0.29, 0.717) is 21.2 Å². The van der Waals surface area contributed by atoms with Crippen LogP contribution in [0.4, 0.5) is 5.69 Å². The Morgan fingerprint density at radius 2 is 1.76 bits per heavy atom. The van der Waals surface area contributed by atoms with Gasteiger partial charge in [0.1, 0.15) is 0 Å². The van der Waals surface area contributed by atoms with E-state index in [4.69, 9.17) is 23.2 Å². The molecule has 2 aromatic rings. The van der Waals surface area contributed by atoms with E-state index in [-0.39, 0.29) is 11.5 Å². The predicted molar refractivity (Wildman–Crippen MR) is 82.9 cm³/mol. The molecular formula is C15H9Cl2NO3. The third kappa shape index (κ3) is 3.90. The van der Waals surface area contributed by atoms with Gasteiger partial charge in [-0.15, -0.1) is 0 Å². The van der Waals surface area contributed by atoms with Gasteiger partial charge in [-0.1, -0.05) is 29.3 Å². The summed E-state index contributed by atoms with van der Waals surface area (Å²) in [7, 11) is 0. The van der Waals surface area contributed by atoms with Crippen molar-refractivity contribution in [2.45, 2.75) is 0 Å². The van der Waals surface area contributed by atoms with Gasteiger partial charge < -0.3 is 0 Å². The lowest BCUT2D eigenvalue weighted by Gasteiger charge is -1.99. The van der Waals surface area contributed by atoms with Gasteiger partial charge in [-0.25, -0.2) is 0 Å². The van der Waals surface area contributed by atoms with Crippen molar-refractivity contribution in [1.82, 2.24) is 0 Å². The van der Waals surface area contributed by atoms with E-state index in [1.54, 1.807) is 24.3 Å². The number of carbonyl (C=O) groups excluding carboxylic acids is 1. The van der Waals surface area contributed by atoms with E-state index in [1.807, 2.05) is 0 Å². The van der Waals surface area contributed by atoms with Crippen LogP contribution in [0.5, 0.6) is 0 Å². The van der Waals surface area contributed by atoms with Crippen molar-refractivity contribution < 1.29 is 9.72 Å². The number of nitro groups is 1. The van der Waals surface area contributed by atoms with Crippen molar-refractivity contribution >= 4 is 40.7 Å². The van der Waals surface area contributed by atoms with Crippen LogP contribution in [0.15, 0.2) is 48.5 Å². The Bertz CT molecular complexity index is 724. The highest BCUT2D eigenvalue weighted by atomic mass is 35.5. The Kier molecular flexibility index (Phi) is 4.73. The highest BCUT2D eigenvalue weighted by molar-refractivity contribution is 6.35. The molecule has 0 aromatic heterocycles. The maximum Gasteiger partial charge on any atom is 0.269 e. The average Bonchev–Trinajstić information content (AvgIpc) is 2.46. The standard InChI is InChI=1S/C15H9Cl2NO3/c16-12-5-1-10(14(17)9-12)4-8-15(19)11-2-6-13(7-3-11)18(20)21/h1-9H. The molecule has 0 amide bonds. The zero-order valence-electron chi connectivity index (χ0n) is 10.6. The van der Waals surface area contributed by atoms with Crippen molar-refractivity contribution in [2.24, 2.45) is 0 Å². The van der Waals surface area contributed by atoms with Crippen LogP contribution < -0.4 is 0 Å². The molecule has 106 valence electrons. The van der Waals surface area contributed by atoms with Gasteiger partial charge in [-0.3, -0.25) is 14.9 Å². The first kappa shape index (κ1) is 15.2. The molecule has 0 fully saturated rings. The largest absolute Gasteiger partial charge is 0.289 e. The second-order valence-corrected chi connectivity index (χ2v) is 5.01. The molecule has 0 saturated carbocycles. The molecule has 0 aliphatic rings. The highest BCUT2D eigenvalue weighted by Gasteiger charge is 2.07. The Balaban J connectivity index is 2.17. The summed E-state index contributed by atoms with van der Waals surface area (Å²) < 4.78 is 0. The van der Waals surface area contributed by atoms with Crippen molar-refractivity contribution in [3.8, 4) is 0 Å². The lowest BCUT2D eigenvalue weighted by atomic mass is 10.1. The zero-order valence-corrected chi connectivity index (χ0v) is 12.1. The Morgan fingerprint density at radius 3 is 2.33 bits per heavy atom. The summed E-state index contributed by atoms with van der Waals surface area (Å²) >= 11 is 11.8. The number of rotatable bonds is 4. The van der Waals surface area contributed by atoms with Crippen molar-refractivity contribution in [3.63, 3.8) is 0 Å². The molecule has 0 unspecified atom stereocenters. The number of allylic oxidation sites excluding steroid dienone is 1. The number of carbonyl (C=O) groups is 1. The van der Waals surface area contributed by atoms with Gasteiger partial charge in [0, 0.05) is 27.7 Å². The zero-order chi connectivity index (χ0) is 15.4. The number of halogens is 2. The van der Waals surface area contributed by atoms with Crippen molar-refractivity contribution in [3.05, 3.63) is 79.8 Å². The van der Waals surface area contributed by atoms with Gasteiger partial charge >= 0.3 is 0 Å². The first-order valence-corrected chi connectivity index (χ1v) is 6.65. The van der Waals surface area contributed by atoms with Crippen LogP contribution >= 0.6 is 23.2 Å². The summed E-state index contributed by atoms with van der Waals surface area (Å²) in [5, 5.41) is 11.5. The van der Waals surface area contributed by atoms with Crippen LogP contribution in [0.25, 0.3) is 6.08 Å². The van der Waals surface area contributed by atoms with Crippen molar-refractivity contribution in [2.75, 3.05) is 0 Å². The van der Waals surface area contributed by atoms with Gasteiger partial charge in [0.05, 0.1) is 4.92 Å². The molecule has 0 spiro atoms. The topological polar surface area (TPSA) is 60.2 Å². The number of benzene rings is 2. The summed E-state index contributed by atoms with van der Waals surface area (Å²) in [4.78, 5) is 22.0. The van der Waals surface area contributed by atoms with E-state index in [1.165, 1.54) is 30.3 Å². The van der Waals surface area contributed by atoms with Crippen LogP contribution in [-0.4, -0.2) is 10.7 Å². The molecule has 4 nitrogen and oxygen atoms in total. The molecule has 0 aliphatic carbocycles. The average molecular weight is 322 g/mol. The van der Waals surface area contributed by atoms with E-state index in [2.05, 4.69) is 0 Å². The van der Waals surface area contributed by atoms with Crippen LogP contribution in [0, 0.1) is 10.1 Å². The summed E-state index contributed by atoms with van der Waals surface area (Å²) in [5.74, 6) is -0.268. The van der Waals surface area contributed by atoms with Gasteiger partial charge in [0.25, 0.3) is 5.69 Å². The molecule has 0 bridgehead atoms. The molecule has 6 heteroatoms. The summed E-state index contributed by atoms with van der Waals surface area (Å²) in [5.41, 5.74) is 0.967. The molecule has 0 saturated heterocycles. The van der Waals surface area contributed by atoms with Gasteiger partial charge in [0.15, 0.2) is 5.78 Å². The number of ketones is 1. The Hall–Kier alpha value is -2.17. The van der Waals surface area contributed by atoms with Gasteiger partial charge in [0.2, 0.25) is 0 Å². The lowest BCUT2D eigenvalue weighted by Crippen LogP contribution is -1.95. The van der Waals surface area contributed by atoms with Gasteiger partial charge in [-0.2, -0.15) is 0 Å². The van der Waals surface area contributed by atoms with Crippen LogP contribution in [0.1, 0.15) is 15.9 Å². The number of nitrogens with zero attached hydrogens (tertiary/aromatic N) is 1. The maximum atomic E-state index is 12.0. The molecular weight excluding hydrogens is 313 g/mol. The predicted octanol–water partition coefficient (Wildman–Crippen LogP) is 4.80. The summed E-state index contributed by atoms with van der Waals surface area (Å²) in [6.45, 7) is 0. The SMILES string of the molecule is O=C(C=Cc1ccc(Cl)cc1Cl)c1ccc([N+](=O)[O-])cc1. The highest BCUT2D eigenvalue weighted by Crippen LogP contribution is 2.22. The Morgan fingerprint density at radius 1 is 1.10 bits per heavy atom. The second-order valence-electron chi connectivity index (χ2n) is 4.17. The van der Waals surface area contributed by atoms with E-state index in [9.17, 15) is 14.9 Å². The summed E-state index contributed by atoms with van der Waals surface area (Å²) in [6.07, 6.45) is 2.93. The first-order chi connectivity index (χ1) is 9.97. The quantitative estimate of drug-likeness (QED) is 0.352. The normalized spacial score (nSPS) is 10.8. The fraction of sp³-hybridized carbons (Fsp3) is 0. The molecule has 0 aliphatic heterocycles. The third-order valence-electron chi connectivity index (χ3n) is 2.74. The fourth-order valence-electron chi connectivity index (χ4n) is 1.65. The minimum Gasteiger partial charge on any atom is -0.289 e. The van der Waals surface area contributed by atoms with E-state index in [0.717, 1.165) is 0 Å². The molecule has 0 radical (unpaired) electrons. The smallest absolute Gasteiger partial charge is 0.269 e. The third-order valence-corrected chi connectivity index (χ3v) is 3.30. The number of nitro benzene ring substituents is 1. The maximum absolute atomic E-state index is 12.0. The van der Waals surface area contributed by atoms with Crippen LogP contribution in [0.2, 0.25) is 10.0 Å².